The van der Waals surface area contributed by atoms with Gasteiger partial charge >= 0.3 is 12.2 Å². The first-order valence-electron chi connectivity index (χ1n) is 7.82. The van der Waals surface area contributed by atoms with Gasteiger partial charge in [0.25, 0.3) is 0 Å². The molecule has 2 aromatic carbocycles. The predicted molar refractivity (Wildman–Crippen MR) is 91.3 cm³/mol. The second-order valence-corrected chi connectivity index (χ2v) is 5.60. The van der Waals surface area contributed by atoms with Gasteiger partial charge in [-0.2, -0.15) is 13.2 Å². The minimum atomic E-state index is -4.44. The summed E-state index contributed by atoms with van der Waals surface area (Å²) in [5.74, 6) is -0.509. The molecule has 0 aliphatic rings. The first-order valence-corrected chi connectivity index (χ1v) is 7.82. The molecule has 0 aromatic heterocycles. The van der Waals surface area contributed by atoms with Crippen molar-refractivity contribution >= 4 is 17.6 Å². The number of hydrogen-bond donors (Lipinski definition) is 3. The highest BCUT2D eigenvalue weighted by molar-refractivity contribution is 5.93. The lowest BCUT2D eigenvalue weighted by Gasteiger charge is -2.15. The SMILES string of the molecule is CC(NC(=O)Nc1ccccc1)C(=O)NCc1cccc(C(F)(F)F)c1. The zero-order valence-corrected chi connectivity index (χ0v) is 13.9. The summed E-state index contributed by atoms with van der Waals surface area (Å²) in [6.45, 7) is 1.40. The van der Waals surface area contributed by atoms with Gasteiger partial charge in [0.1, 0.15) is 6.04 Å². The molecule has 0 aliphatic carbocycles. The van der Waals surface area contributed by atoms with Gasteiger partial charge in [0.15, 0.2) is 0 Å². The van der Waals surface area contributed by atoms with Crippen LogP contribution < -0.4 is 16.0 Å². The van der Waals surface area contributed by atoms with E-state index in [0.717, 1.165) is 12.1 Å². The number of urea groups is 1. The van der Waals surface area contributed by atoms with E-state index in [2.05, 4.69) is 16.0 Å². The van der Waals surface area contributed by atoms with Crippen molar-refractivity contribution in [2.45, 2.75) is 25.7 Å². The third-order valence-electron chi connectivity index (χ3n) is 3.49. The highest BCUT2D eigenvalue weighted by Gasteiger charge is 2.30. The van der Waals surface area contributed by atoms with Crippen LogP contribution in [0.1, 0.15) is 18.1 Å². The molecule has 1 atom stereocenters. The number of benzene rings is 2. The van der Waals surface area contributed by atoms with Gasteiger partial charge in [0.05, 0.1) is 5.56 Å². The van der Waals surface area contributed by atoms with Crippen molar-refractivity contribution in [2.24, 2.45) is 0 Å². The molecule has 3 N–H and O–H groups in total. The molecule has 2 rings (SSSR count). The Hall–Kier alpha value is -3.03. The molecule has 0 aliphatic heterocycles. The van der Waals surface area contributed by atoms with E-state index in [0.29, 0.717) is 11.3 Å². The number of carbonyl (C=O) groups excluding carboxylic acids is 2. The van der Waals surface area contributed by atoms with E-state index < -0.39 is 29.7 Å². The van der Waals surface area contributed by atoms with Crippen LogP contribution in [0.5, 0.6) is 0 Å². The minimum absolute atomic E-state index is 0.0743. The number of rotatable bonds is 5. The summed E-state index contributed by atoms with van der Waals surface area (Å²) in [5, 5.41) is 7.53. The molecule has 0 radical (unpaired) electrons. The maximum atomic E-state index is 12.7. The average molecular weight is 365 g/mol. The molecular formula is C18H18F3N3O2. The second kappa shape index (κ2) is 8.37. The van der Waals surface area contributed by atoms with E-state index in [-0.39, 0.29) is 6.54 Å². The third-order valence-corrected chi connectivity index (χ3v) is 3.49. The summed E-state index contributed by atoms with van der Waals surface area (Å²) in [6, 6.07) is 12.0. The normalized spacial score (nSPS) is 12.2. The molecule has 2 aromatic rings. The highest BCUT2D eigenvalue weighted by atomic mass is 19.4. The summed E-state index contributed by atoms with van der Waals surface area (Å²) >= 11 is 0. The molecule has 0 heterocycles. The summed E-state index contributed by atoms with van der Waals surface area (Å²) in [6.07, 6.45) is -4.44. The Morgan fingerprint density at radius 3 is 2.38 bits per heavy atom. The third kappa shape index (κ3) is 5.80. The monoisotopic (exact) mass is 365 g/mol. The van der Waals surface area contributed by atoms with Crippen molar-refractivity contribution in [3.8, 4) is 0 Å². The van der Waals surface area contributed by atoms with Crippen molar-refractivity contribution in [3.63, 3.8) is 0 Å². The van der Waals surface area contributed by atoms with E-state index >= 15 is 0 Å². The lowest BCUT2D eigenvalue weighted by atomic mass is 10.1. The van der Waals surface area contributed by atoms with Crippen molar-refractivity contribution < 1.29 is 22.8 Å². The van der Waals surface area contributed by atoms with Crippen LogP contribution in [0.3, 0.4) is 0 Å². The average Bonchev–Trinajstić information content (AvgIpc) is 2.60. The van der Waals surface area contributed by atoms with Crippen LogP contribution in [0, 0.1) is 0 Å². The van der Waals surface area contributed by atoms with Gasteiger partial charge in [-0.05, 0) is 36.8 Å². The van der Waals surface area contributed by atoms with Gasteiger partial charge < -0.3 is 16.0 Å². The first-order chi connectivity index (χ1) is 12.3. The molecule has 1 unspecified atom stereocenters. The number of alkyl halides is 3. The van der Waals surface area contributed by atoms with Gasteiger partial charge in [0.2, 0.25) is 5.91 Å². The number of amides is 3. The summed E-state index contributed by atoms with van der Waals surface area (Å²) in [5.41, 5.74) is 0.105. The van der Waals surface area contributed by atoms with Crippen LogP contribution in [0.4, 0.5) is 23.7 Å². The molecule has 8 heteroatoms. The Balaban J connectivity index is 1.84. The van der Waals surface area contributed by atoms with Crippen LogP contribution in [-0.4, -0.2) is 18.0 Å². The number of anilines is 1. The van der Waals surface area contributed by atoms with Gasteiger partial charge in [0, 0.05) is 12.2 Å². The maximum Gasteiger partial charge on any atom is 0.416 e. The zero-order chi connectivity index (χ0) is 19.2. The Morgan fingerprint density at radius 2 is 1.73 bits per heavy atom. The summed E-state index contributed by atoms with van der Waals surface area (Å²) in [7, 11) is 0. The fourth-order valence-corrected chi connectivity index (χ4v) is 2.15. The largest absolute Gasteiger partial charge is 0.416 e. The summed E-state index contributed by atoms with van der Waals surface area (Å²) < 4.78 is 38.0. The van der Waals surface area contributed by atoms with Crippen LogP contribution >= 0.6 is 0 Å². The maximum absolute atomic E-state index is 12.7. The number of halogens is 3. The number of nitrogens with one attached hydrogen (secondary N) is 3. The Labute approximate surface area is 148 Å². The fourth-order valence-electron chi connectivity index (χ4n) is 2.15. The topological polar surface area (TPSA) is 70.2 Å². The molecular weight excluding hydrogens is 347 g/mol. The van der Waals surface area contributed by atoms with E-state index in [1.54, 1.807) is 30.3 Å². The van der Waals surface area contributed by atoms with Gasteiger partial charge in [-0.1, -0.05) is 30.3 Å². The van der Waals surface area contributed by atoms with Gasteiger partial charge in [-0.15, -0.1) is 0 Å². The Bertz CT molecular complexity index is 764. The Kier molecular flexibility index (Phi) is 6.21. The quantitative estimate of drug-likeness (QED) is 0.759. The summed E-state index contributed by atoms with van der Waals surface area (Å²) in [4.78, 5) is 23.8. The lowest BCUT2D eigenvalue weighted by molar-refractivity contribution is -0.137. The second-order valence-electron chi connectivity index (χ2n) is 5.60. The lowest BCUT2D eigenvalue weighted by Crippen LogP contribution is -2.46. The molecule has 26 heavy (non-hydrogen) atoms. The molecule has 0 saturated carbocycles. The molecule has 5 nitrogen and oxygen atoms in total. The van der Waals surface area contributed by atoms with Crippen LogP contribution in [0.15, 0.2) is 54.6 Å². The Morgan fingerprint density at radius 1 is 1.04 bits per heavy atom. The van der Waals surface area contributed by atoms with Gasteiger partial charge in [-0.25, -0.2) is 4.79 Å². The van der Waals surface area contributed by atoms with Crippen LogP contribution in [0.25, 0.3) is 0 Å². The predicted octanol–water partition coefficient (Wildman–Crippen LogP) is 3.53. The number of carbonyl (C=O) groups is 2. The van der Waals surface area contributed by atoms with Gasteiger partial charge in [-0.3, -0.25) is 4.79 Å². The zero-order valence-electron chi connectivity index (χ0n) is 13.9. The fraction of sp³-hybridized carbons (Fsp3) is 0.222. The highest BCUT2D eigenvalue weighted by Crippen LogP contribution is 2.29. The van der Waals surface area contributed by atoms with E-state index in [1.165, 1.54) is 19.1 Å². The van der Waals surface area contributed by atoms with Crippen molar-refractivity contribution in [1.82, 2.24) is 10.6 Å². The first kappa shape index (κ1) is 19.3. The van der Waals surface area contributed by atoms with Crippen molar-refractivity contribution in [3.05, 3.63) is 65.7 Å². The molecule has 0 fully saturated rings. The van der Waals surface area contributed by atoms with Crippen LogP contribution in [-0.2, 0) is 17.5 Å². The molecule has 3 amide bonds. The molecule has 0 saturated heterocycles. The van der Waals surface area contributed by atoms with E-state index in [9.17, 15) is 22.8 Å². The molecule has 0 spiro atoms. The minimum Gasteiger partial charge on any atom is -0.350 e. The molecule has 0 bridgehead atoms. The number of para-hydroxylation sites is 1. The van der Waals surface area contributed by atoms with Crippen molar-refractivity contribution in [2.75, 3.05) is 5.32 Å². The number of hydrogen-bond acceptors (Lipinski definition) is 2. The van der Waals surface area contributed by atoms with E-state index in [1.807, 2.05) is 0 Å². The van der Waals surface area contributed by atoms with E-state index in [4.69, 9.17) is 0 Å². The standard InChI is InChI=1S/C18H18F3N3O2/c1-12(23-17(26)24-15-8-3-2-4-9-15)16(25)22-11-13-6-5-7-14(10-13)18(19,20)21/h2-10,12H,11H2,1H3,(H,22,25)(H2,23,24,26). The van der Waals surface area contributed by atoms with Crippen LogP contribution in [0.2, 0.25) is 0 Å². The smallest absolute Gasteiger partial charge is 0.350 e. The molecule has 138 valence electrons. The van der Waals surface area contributed by atoms with Crippen molar-refractivity contribution in [1.29, 1.82) is 0 Å².